The zero-order valence-corrected chi connectivity index (χ0v) is 6.41. The molecule has 2 aromatic rings. The van der Waals surface area contributed by atoms with Gasteiger partial charge < -0.3 is 0 Å². The van der Waals surface area contributed by atoms with E-state index >= 15 is 0 Å². The first-order valence-corrected chi connectivity index (χ1v) is 3.67. The number of rotatable bonds is 0. The Labute approximate surface area is 66.5 Å². The van der Waals surface area contributed by atoms with Crippen LogP contribution in [0.25, 0.3) is 10.8 Å². The average molecular weight is 141 g/mol. The van der Waals surface area contributed by atoms with Crippen LogP contribution < -0.4 is 5.46 Å². The monoisotopic (exact) mass is 141 g/mol. The van der Waals surface area contributed by atoms with Gasteiger partial charge in [0.05, 0.1) is 0 Å². The van der Waals surface area contributed by atoms with Crippen LogP contribution in [0.5, 0.6) is 0 Å². The number of pyridine rings is 1. The van der Waals surface area contributed by atoms with Gasteiger partial charge in [0.1, 0.15) is 7.85 Å². The molecule has 0 bridgehead atoms. The van der Waals surface area contributed by atoms with Gasteiger partial charge in [-0.05, 0) is 16.8 Å². The molecule has 2 heteroatoms. The maximum absolute atomic E-state index is 4.05. The molecular formula is C9H8BN. The normalized spacial score (nSPS) is 10.2. The first-order chi connectivity index (χ1) is 5.38. The van der Waals surface area contributed by atoms with Crippen LogP contribution in [0.4, 0.5) is 0 Å². The Bertz CT molecular complexity index is 379. The maximum Gasteiger partial charge on any atom is 0.140 e. The lowest BCUT2D eigenvalue weighted by atomic mass is 9.91. The fourth-order valence-electron chi connectivity index (χ4n) is 1.28. The quantitative estimate of drug-likeness (QED) is 0.486. The van der Waals surface area contributed by atoms with Crippen molar-refractivity contribution in [2.24, 2.45) is 0 Å². The predicted octanol–water partition coefficient (Wildman–Crippen LogP) is 0.493. The van der Waals surface area contributed by atoms with Gasteiger partial charge in [-0.2, -0.15) is 0 Å². The molecule has 0 amide bonds. The number of hydrogen-bond donors (Lipinski definition) is 0. The lowest BCUT2D eigenvalue weighted by Gasteiger charge is -1.98. The average Bonchev–Trinajstić information content (AvgIpc) is 2.06. The van der Waals surface area contributed by atoms with E-state index in [1.165, 1.54) is 16.2 Å². The summed E-state index contributed by atoms with van der Waals surface area (Å²) in [4.78, 5) is 4.05. The Morgan fingerprint density at radius 3 is 2.91 bits per heavy atom. The van der Waals surface area contributed by atoms with Gasteiger partial charge in [0.2, 0.25) is 0 Å². The molecule has 1 aromatic heterocycles. The van der Waals surface area contributed by atoms with Crippen molar-refractivity contribution in [3.05, 3.63) is 36.7 Å². The molecule has 1 nitrogen and oxygen atoms in total. The molecule has 0 unspecified atom stereocenters. The van der Waals surface area contributed by atoms with E-state index in [9.17, 15) is 0 Å². The van der Waals surface area contributed by atoms with Crippen molar-refractivity contribution in [2.45, 2.75) is 0 Å². The Hall–Kier alpha value is -1.31. The van der Waals surface area contributed by atoms with Crippen LogP contribution in [-0.2, 0) is 0 Å². The van der Waals surface area contributed by atoms with Crippen molar-refractivity contribution in [2.75, 3.05) is 0 Å². The van der Waals surface area contributed by atoms with E-state index in [-0.39, 0.29) is 0 Å². The third kappa shape index (κ3) is 1.00. The van der Waals surface area contributed by atoms with Crippen LogP contribution in [0.2, 0.25) is 0 Å². The minimum Gasteiger partial charge on any atom is -0.264 e. The minimum absolute atomic E-state index is 1.22. The third-order valence-corrected chi connectivity index (χ3v) is 1.90. The topological polar surface area (TPSA) is 12.9 Å². The number of benzene rings is 1. The van der Waals surface area contributed by atoms with Gasteiger partial charge in [0.15, 0.2) is 0 Å². The van der Waals surface area contributed by atoms with Crippen LogP contribution in [-0.4, -0.2) is 12.8 Å². The van der Waals surface area contributed by atoms with E-state index < -0.39 is 0 Å². The number of nitrogens with zero attached hydrogens (tertiary/aromatic N) is 1. The largest absolute Gasteiger partial charge is 0.264 e. The highest BCUT2D eigenvalue weighted by Crippen LogP contribution is 2.07. The van der Waals surface area contributed by atoms with Gasteiger partial charge in [-0.25, -0.2) is 0 Å². The van der Waals surface area contributed by atoms with Gasteiger partial charge in [-0.1, -0.05) is 23.7 Å². The number of fused-ring (bicyclic) bond motifs is 1. The third-order valence-electron chi connectivity index (χ3n) is 1.90. The van der Waals surface area contributed by atoms with E-state index in [0.29, 0.717) is 0 Å². The Balaban J connectivity index is 2.91. The fourth-order valence-corrected chi connectivity index (χ4v) is 1.28. The molecule has 0 aliphatic heterocycles. The molecular weight excluding hydrogens is 133 g/mol. The molecule has 0 fully saturated rings. The van der Waals surface area contributed by atoms with Crippen LogP contribution in [0, 0.1) is 0 Å². The Morgan fingerprint density at radius 1 is 1.18 bits per heavy atom. The summed E-state index contributed by atoms with van der Waals surface area (Å²) in [6, 6.07) is 8.29. The molecule has 1 aromatic carbocycles. The summed E-state index contributed by atoms with van der Waals surface area (Å²) in [7, 11) is 2.11. The van der Waals surface area contributed by atoms with Crippen molar-refractivity contribution >= 4 is 24.1 Å². The second-order valence-corrected chi connectivity index (χ2v) is 2.67. The van der Waals surface area contributed by atoms with Crippen LogP contribution in [0.15, 0.2) is 36.7 Å². The number of aromatic nitrogens is 1. The second-order valence-electron chi connectivity index (χ2n) is 2.67. The van der Waals surface area contributed by atoms with Gasteiger partial charge >= 0.3 is 0 Å². The zero-order valence-electron chi connectivity index (χ0n) is 6.41. The second kappa shape index (κ2) is 2.38. The highest BCUT2D eigenvalue weighted by Gasteiger charge is 1.92. The molecule has 0 saturated carbocycles. The summed E-state index contributed by atoms with van der Waals surface area (Å²) in [5.41, 5.74) is 1.31. The first-order valence-electron chi connectivity index (χ1n) is 3.67. The van der Waals surface area contributed by atoms with Crippen LogP contribution in [0.1, 0.15) is 0 Å². The molecule has 0 N–H and O–H groups in total. The van der Waals surface area contributed by atoms with Crippen LogP contribution in [0.3, 0.4) is 0 Å². The summed E-state index contributed by atoms with van der Waals surface area (Å²) < 4.78 is 0. The van der Waals surface area contributed by atoms with Crippen molar-refractivity contribution in [3.63, 3.8) is 0 Å². The fraction of sp³-hybridized carbons (Fsp3) is 0. The maximum atomic E-state index is 4.05. The molecule has 0 saturated heterocycles. The Morgan fingerprint density at radius 2 is 2.09 bits per heavy atom. The molecule has 0 radical (unpaired) electrons. The summed E-state index contributed by atoms with van der Waals surface area (Å²) in [6.45, 7) is 0. The summed E-state index contributed by atoms with van der Waals surface area (Å²) in [5, 5.41) is 2.51. The van der Waals surface area contributed by atoms with Gasteiger partial charge in [-0.15, -0.1) is 0 Å². The molecule has 2 rings (SSSR count). The van der Waals surface area contributed by atoms with Crippen molar-refractivity contribution in [1.29, 1.82) is 0 Å². The summed E-state index contributed by atoms with van der Waals surface area (Å²) in [6.07, 6.45) is 3.72. The molecule has 52 valence electrons. The van der Waals surface area contributed by atoms with Gasteiger partial charge in [-0.3, -0.25) is 4.98 Å². The molecule has 1 heterocycles. The van der Waals surface area contributed by atoms with E-state index in [4.69, 9.17) is 0 Å². The molecule has 0 aliphatic rings. The van der Waals surface area contributed by atoms with Crippen LogP contribution >= 0.6 is 0 Å². The molecule has 0 spiro atoms. The van der Waals surface area contributed by atoms with E-state index in [0.717, 1.165) is 0 Å². The highest BCUT2D eigenvalue weighted by molar-refractivity contribution is 6.38. The smallest absolute Gasteiger partial charge is 0.140 e. The molecule has 0 atom stereocenters. The Kier molecular flexibility index (Phi) is 1.39. The number of hydrogen-bond acceptors (Lipinski definition) is 1. The predicted molar refractivity (Wildman–Crippen MR) is 49.9 cm³/mol. The zero-order chi connectivity index (χ0) is 7.68. The van der Waals surface area contributed by atoms with Crippen molar-refractivity contribution < 1.29 is 0 Å². The summed E-state index contributed by atoms with van der Waals surface area (Å²) >= 11 is 0. The highest BCUT2D eigenvalue weighted by atomic mass is 14.6. The van der Waals surface area contributed by atoms with Gasteiger partial charge in [0.25, 0.3) is 0 Å². The van der Waals surface area contributed by atoms with E-state index in [1.54, 1.807) is 0 Å². The lowest BCUT2D eigenvalue weighted by molar-refractivity contribution is 1.37. The van der Waals surface area contributed by atoms with Crippen molar-refractivity contribution in [1.82, 2.24) is 4.98 Å². The first kappa shape index (κ1) is 6.41. The lowest BCUT2D eigenvalue weighted by Crippen LogP contribution is -2.02. The standard InChI is InChI=1S/C9H8BN/c10-9-3-1-2-7-6-11-5-4-8(7)9/h1-6H,10H2. The molecule has 0 aliphatic carbocycles. The van der Waals surface area contributed by atoms with E-state index in [1.807, 2.05) is 18.5 Å². The minimum atomic E-state index is 1.22. The van der Waals surface area contributed by atoms with Crippen molar-refractivity contribution in [3.8, 4) is 0 Å². The van der Waals surface area contributed by atoms with Gasteiger partial charge in [0, 0.05) is 12.4 Å². The SMILES string of the molecule is Bc1cccc2cnccc12. The van der Waals surface area contributed by atoms with E-state index in [2.05, 4.69) is 31.0 Å². The molecule has 11 heavy (non-hydrogen) atoms. The summed E-state index contributed by atoms with van der Waals surface area (Å²) in [5.74, 6) is 0.